The summed E-state index contributed by atoms with van der Waals surface area (Å²) in [5.41, 5.74) is 6.83. The molecule has 0 saturated carbocycles. The summed E-state index contributed by atoms with van der Waals surface area (Å²) in [6.45, 7) is 2.57. The van der Waals surface area contributed by atoms with Crippen molar-refractivity contribution in [1.29, 1.82) is 0 Å². The zero-order valence-corrected chi connectivity index (χ0v) is 16.0. The van der Waals surface area contributed by atoms with Gasteiger partial charge in [0.05, 0.1) is 6.61 Å². The molecule has 0 spiro atoms. The maximum atomic E-state index is 13.3. The standard InChI is InChI=1S/C25H22O3/c1-2-28-17-12-10-15(11-13-17)23-22-16(6-5-9-21(22)26)14-20-18-7-3-4-8-19(18)25(27)24(20)23/h3-4,7-8,10-13,23H,2,5-6,9,14H2,1H3. The third-order valence-electron chi connectivity index (χ3n) is 6.12. The maximum absolute atomic E-state index is 13.3. The molecule has 0 aromatic heterocycles. The Kier molecular flexibility index (Phi) is 4.04. The van der Waals surface area contributed by atoms with Crippen LogP contribution in [0.1, 0.15) is 60.0 Å². The van der Waals surface area contributed by atoms with Crippen LogP contribution >= 0.6 is 0 Å². The summed E-state index contributed by atoms with van der Waals surface area (Å²) in [5.74, 6) is 0.827. The molecule has 3 nitrogen and oxygen atoms in total. The molecule has 0 aliphatic heterocycles. The molecule has 0 heterocycles. The van der Waals surface area contributed by atoms with Crippen LogP contribution in [0.25, 0.3) is 5.57 Å². The number of hydrogen-bond donors (Lipinski definition) is 0. The highest BCUT2D eigenvalue weighted by Gasteiger charge is 2.43. The molecule has 1 atom stereocenters. The van der Waals surface area contributed by atoms with Crippen LogP contribution in [0.5, 0.6) is 5.75 Å². The summed E-state index contributed by atoms with van der Waals surface area (Å²) in [5, 5.41) is 0. The number of hydrogen-bond acceptors (Lipinski definition) is 3. The molecule has 0 fully saturated rings. The molecular weight excluding hydrogens is 348 g/mol. The second-order valence-corrected chi connectivity index (χ2v) is 7.67. The first-order valence-corrected chi connectivity index (χ1v) is 10.0. The van der Waals surface area contributed by atoms with Gasteiger partial charge in [-0.1, -0.05) is 42.0 Å². The number of ether oxygens (including phenoxy) is 1. The lowest BCUT2D eigenvalue weighted by Gasteiger charge is -2.32. The SMILES string of the molecule is CCOc1ccc(C2C3=C(CCCC3=O)CC3=C2C(=O)c2ccccc23)cc1. The van der Waals surface area contributed by atoms with Crippen molar-refractivity contribution in [3.05, 3.63) is 81.9 Å². The van der Waals surface area contributed by atoms with Gasteiger partial charge in [0.25, 0.3) is 0 Å². The first-order valence-electron chi connectivity index (χ1n) is 10.0. The van der Waals surface area contributed by atoms with Crippen LogP contribution in [0.15, 0.2) is 65.3 Å². The van der Waals surface area contributed by atoms with E-state index in [9.17, 15) is 9.59 Å². The Balaban J connectivity index is 1.68. The summed E-state index contributed by atoms with van der Waals surface area (Å²) in [7, 11) is 0. The number of carbonyl (C=O) groups is 2. The Hall–Kier alpha value is -2.94. The largest absolute Gasteiger partial charge is 0.494 e. The molecule has 5 rings (SSSR count). The second kappa shape index (κ2) is 6.59. The molecule has 2 aromatic rings. The molecule has 0 saturated heterocycles. The number of ketones is 2. The normalized spacial score (nSPS) is 20.8. The number of Topliss-reactive ketones (excluding diaryl/α,β-unsaturated/α-hetero) is 2. The van der Waals surface area contributed by atoms with Gasteiger partial charge in [-0.2, -0.15) is 0 Å². The van der Waals surface area contributed by atoms with E-state index in [0.717, 1.165) is 58.4 Å². The topological polar surface area (TPSA) is 43.4 Å². The van der Waals surface area contributed by atoms with Gasteiger partial charge in [-0.3, -0.25) is 9.59 Å². The van der Waals surface area contributed by atoms with Gasteiger partial charge in [-0.05, 0) is 55.0 Å². The zero-order chi connectivity index (χ0) is 19.3. The fourth-order valence-electron chi connectivity index (χ4n) is 4.96. The minimum atomic E-state index is -0.262. The van der Waals surface area contributed by atoms with Crippen molar-refractivity contribution in [3.63, 3.8) is 0 Å². The van der Waals surface area contributed by atoms with Crippen molar-refractivity contribution in [2.75, 3.05) is 6.61 Å². The van der Waals surface area contributed by atoms with Crippen LogP contribution in [-0.4, -0.2) is 18.2 Å². The molecular formula is C25H22O3. The molecule has 0 N–H and O–H groups in total. The summed E-state index contributed by atoms with van der Waals surface area (Å²) in [6.07, 6.45) is 3.16. The van der Waals surface area contributed by atoms with Gasteiger partial charge < -0.3 is 4.74 Å². The van der Waals surface area contributed by atoms with Gasteiger partial charge >= 0.3 is 0 Å². The first kappa shape index (κ1) is 17.2. The number of rotatable bonds is 3. The molecule has 3 heteroatoms. The molecule has 3 aliphatic rings. The summed E-state index contributed by atoms with van der Waals surface area (Å²) < 4.78 is 5.58. The average Bonchev–Trinajstić information content (AvgIpc) is 3.00. The van der Waals surface area contributed by atoms with Crippen molar-refractivity contribution in [1.82, 2.24) is 0 Å². The fraction of sp³-hybridized carbons (Fsp3) is 0.280. The van der Waals surface area contributed by atoms with Gasteiger partial charge in [0.2, 0.25) is 0 Å². The molecule has 0 radical (unpaired) electrons. The highest BCUT2D eigenvalue weighted by Crippen LogP contribution is 2.52. The van der Waals surface area contributed by atoms with Crippen molar-refractivity contribution < 1.29 is 14.3 Å². The summed E-state index contributed by atoms with van der Waals surface area (Å²) in [4.78, 5) is 26.3. The van der Waals surface area contributed by atoms with E-state index in [-0.39, 0.29) is 17.5 Å². The Morgan fingerprint density at radius 2 is 1.68 bits per heavy atom. The maximum Gasteiger partial charge on any atom is 0.190 e. The summed E-state index contributed by atoms with van der Waals surface area (Å²) >= 11 is 0. The van der Waals surface area contributed by atoms with E-state index in [1.165, 1.54) is 5.57 Å². The van der Waals surface area contributed by atoms with Crippen LogP contribution in [0.4, 0.5) is 0 Å². The van der Waals surface area contributed by atoms with Gasteiger partial charge in [-0.15, -0.1) is 0 Å². The smallest absolute Gasteiger partial charge is 0.190 e. The van der Waals surface area contributed by atoms with Crippen molar-refractivity contribution in [3.8, 4) is 5.75 Å². The van der Waals surface area contributed by atoms with Crippen LogP contribution in [-0.2, 0) is 4.79 Å². The fourth-order valence-corrected chi connectivity index (χ4v) is 4.96. The van der Waals surface area contributed by atoms with Crippen LogP contribution in [0.3, 0.4) is 0 Å². The second-order valence-electron chi connectivity index (χ2n) is 7.67. The molecule has 28 heavy (non-hydrogen) atoms. The van der Waals surface area contributed by atoms with Crippen molar-refractivity contribution >= 4 is 17.1 Å². The quantitative estimate of drug-likeness (QED) is 0.739. The predicted octanol–water partition coefficient (Wildman–Crippen LogP) is 5.27. The molecule has 2 aromatic carbocycles. The molecule has 0 amide bonds. The van der Waals surface area contributed by atoms with E-state index in [0.29, 0.717) is 13.0 Å². The minimum Gasteiger partial charge on any atom is -0.494 e. The Morgan fingerprint density at radius 3 is 2.43 bits per heavy atom. The highest BCUT2D eigenvalue weighted by atomic mass is 16.5. The van der Waals surface area contributed by atoms with E-state index < -0.39 is 0 Å². The minimum absolute atomic E-state index is 0.0782. The first-order chi connectivity index (χ1) is 13.7. The third-order valence-corrected chi connectivity index (χ3v) is 6.12. The van der Waals surface area contributed by atoms with Gasteiger partial charge in [-0.25, -0.2) is 0 Å². The van der Waals surface area contributed by atoms with Crippen LogP contribution in [0.2, 0.25) is 0 Å². The zero-order valence-electron chi connectivity index (χ0n) is 16.0. The number of fused-ring (bicyclic) bond motifs is 2. The van der Waals surface area contributed by atoms with E-state index in [1.54, 1.807) is 0 Å². The average molecular weight is 370 g/mol. The number of benzene rings is 2. The monoisotopic (exact) mass is 370 g/mol. The highest BCUT2D eigenvalue weighted by molar-refractivity contribution is 6.23. The lowest BCUT2D eigenvalue weighted by Crippen LogP contribution is -2.25. The third kappa shape index (κ3) is 2.50. The molecule has 3 aliphatic carbocycles. The van der Waals surface area contributed by atoms with E-state index in [1.807, 2.05) is 55.5 Å². The number of carbonyl (C=O) groups excluding carboxylic acids is 2. The van der Waals surface area contributed by atoms with E-state index in [4.69, 9.17) is 4.74 Å². The lowest BCUT2D eigenvalue weighted by molar-refractivity contribution is -0.116. The predicted molar refractivity (Wildman–Crippen MR) is 109 cm³/mol. The van der Waals surface area contributed by atoms with Gasteiger partial charge in [0.1, 0.15) is 5.75 Å². The van der Waals surface area contributed by atoms with Gasteiger partial charge in [0.15, 0.2) is 11.6 Å². The Morgan fingerprint density at radius 1 is 0.929 bits per heavy atom. The van der Waals surface area contributed by atoms with E-state index in [2.05, 4.69) is 0 Å². The molecule has 1 unspecified atom stereocenters. The Labute approximate surface area is 164 Å². The van der Waals surface area contributed by atoms with Crippen LogP contribution in [0, 0.1) is 0 Å². The Bertz CT molecular complexity index is 1050. The molecule has 140 valence electrons. The van der Waals surface area contributed by atoms with Crippen molar-refractivity contribution in [2.24, 2.45) is 0 Å². The number of allylic oxidation sites excluding steroid dienone is 4. The van der Waals surface area contributed by atoms with Crippen molar-refractivity contribution in [2.45, 2.75) is 38.5 Å². The lowest BCUT2D eigenvalue weighted by atomic mass is 9.69. The van der Waals surface area contributed by atoms with Crippen LogP contribution < -0.4 is 4.74 Å². The summed E-state index contributed by atoms with van der Waals surface area (Å²) in [6, 6.07) is 15.8. The van der Waals surface area contributed by atoms with E-state index >= 15 is 0 Å². The molecule has 0 bridgehead atoms. The van der Waals surface area contributed by atoms with Gasteiger partial charge in [0, 0.05) is 29.0 Å².